The minimum atomic E-state index is -5.00. The summed E-state index contributed by atoms with van der Waals surface area (Å²) in [5.74, 6) is 0. The fourth-order valence-corrected chi connectivity index (χ4v) is 0. The third-order valence-electron chi connectivity index (χ3n) is 0. The first kappa shape index (κ1) is 22.7. The molecule has 0 rings (SSSR count). The molecule has 0 fully saturated rings. The summed E-state index contributed by atoms with van der Waals surface area (Å²) in [6, 6.07) is 0. The van der Waals surface area contributed by atoms with Crippen molar-refractivity contribution in [2.75, 3.05) is 0 Å². The van der Waals surface area contributed by atoms with Crippen LogP contribution in [0.1, 0.15) is 0 Å². The van der Waals surface area contributed by atoms with Gasteiger partial charge in [-0.1, -0.05) is 0 Å². The summed E-state index contributed by atoms with van der Waals surface area (Å²) in [4.78, 5) is 0. The molecule has 0 aliphatic carbocycles. The van der Waals surface area contributed by atoms with E-state index in [1.54, 1.807) is 0 Å². The van der Waals surface area contributed by atoms with Crippen molar-refractivity contribution in [2.24, 2.45) is 0 Å². The summed E-state index contributed by atoms with van der Waals surface area (Å²) in [6.45, 7) is 0. The third kappa shape index (κ3) is 49.3. The summed E-state index contributed by atoms with van der Waals surface area (Å²) >= 11 is -5.00. The Kier molecular flexibility index (Phi) is 31.7. The van der Waals surface area contributed by atoms with Gasteiger partial charge in [-0.3, -0.25) is 0 Å². The van der Waals surface area contributed by atoms with E-state index in [4.69, 9.17) is 14.8 Å². The molecule has 0 atom stereocenters. The van der Waals surface area contributed by atoms with Crippen LogP contribution in [0.3, 0.4) is 0 Å². The molecule has 0 aliphatic rings. The molecule has 8 heavy (non-hydrogen) atoms. The average molecular weight is 554 g/mol. The van der Waals surface area contributed by atoms with E-state index in [2.05, 4.69) is 0 Å². The monoisotopic (exact) mass is 555 g/mol. The second-order valence-corrected chi connectivity index (χ2v) is 2.47. The van der Waals surface area contributed by atoms with E-state index in [9.17, 15) is 0 Å². The molecule has 3 radical (unpaired) electrons. The summed E-state index contributed by atoms with van der Waals surface area (Å²) in [5, 5.41) is 0. The maximum atomic E-state index is 7.38. The number of rotatable bonds is 0. The van der Waals surface area contributed by atoms with E-state index in [1.165, 1.54) is 0 Å². The van der Waals surface area contributed by atoms with Gasteiger partial charge in [-0.25, -0.2) is 0 Å². The van der Waals surface area contributed by atoms with E-state index in [0.717, 1.165) is 0 Å². The maximum absolute atomic E-state index is 7.38. The summed E-state index contributed by atoms with van der Waals surface area (Å²) in [6.07, 6.45) is 0. The van der Waals surface area contributed by atoms with Gasteiger partial charge in [-0.05, 0) is 0 Å². The molecule has 45 valence electrons. The molecular formula is H8LaO4PbSrTi. The van der Waals surface area contributed by atoms with Crippen molar-refractivity contribution in [1.82, 2.24) is 0 Å². The van der Waals surface area contributed by atoms with Crippen molar-refractivity contribution in [3.8, 4) is 0 Å². The van der Waals surface area contributed by atoms with Crippen LogP contribution in [-0.4, -0.2) is 87.5 Å². The van der Waals surface area contributed by atoms with E-state index in [-0.39, 0.29) is 108 Å². The first-order valence-electron chi connectivity index (χ1n) is 0.894. The van der Waals surface area contributed by atoms with Gasteiger partial charge in [0.25, 0.3) is 0 Å². The number of hydrogen-bond acceptors (Lipinski definition) is 4. The Morgan fingerprint density at radius 1 is 0.875 bits per heavy atom. The molecule has 0 saturated heterocycles. The second-order valence-electron chi connectivity index (χ2n) is 0.600. The van der Waals surface area contributed by atoms with Gasteiger partial charge in [0, 0.05) is 35.6 Å². The fraction of sp³-hybridized carbons (Fsp3) is 0. The quantitative estimate of drug-likeness (QED) is 0.230. The van der Waals surface area contributed by atoms with Crippen LogP contribution in [0, 0.1) is 35.6 Å². The van der Waals surface area contributed by atoms with Crippen molar-refractivity contribution in [3.63, 3.8) is 0 Å². The predicted octanol–water partition coefficient (Wildman–Crippen LogP) is -4.06. The van der Waals surface area contributed by atoms with E-state index < -0.39 is 18.1 Å². The molecule has 4 nitrogen and oxygen atoms in total. The Bertz CT molecular complexity index is 31.5. The van der Waals surface area contributed by atoms with Gasteiger partial charge in [-0.2, -0.15) is 0 Å². The molecule has 0 aromatic heterocycles. The molecule has 0 unspecified atom stereocenters. The first-order valence-corrected chi connectivity index (χ1v) is 3.69. The van der Waals surface area contributed by atoms with Gasteiger partial charge in [0.15, 0.2) is 0 Å². The molecular weight excluding hydrogens is 546 g/mol. The van der Waals surface area contributed by atoms with Gasteiger partial charge in [0.1, 0.15) is 0 Å². The van der Waals surface area contributed by atoms with E-state index >= 15 is 0 Å². The van der Waals surface area contributed by atoms with Crippen LogP contribution >= 0.6 is 0 Å². The van der Waals surface area contributed by atoms with Crippen molar-refractivity contribution in [3.05, 3.63) is 0 Å². The van der Waals surface area contributed by atoms with E-state index in [1.807, 2.05) is 0 Å². The Morgan fingerprint density at radius 2 is 0.875 bits per heavy atom. The summed E-state index contributed by atoms with van der Waals surface area (Å²) in [7, 11) is 0. The Morgan fingerprint density at radius 3 is 0.875 bits per heavy atom. The molecule has 0 bridgehead atoms. The van der Waals surface area contributed by atoms with Crippen LogP contribution in [0.15, 0.2) is 0 Å². The van der Waals surface area contributed by atoms with Gasteiger partial charge >= 0.3 is 106 Å². The van der Waals surface area contributed by atoms with Crippen LogP contribution in [-0.2, 0) is 18.1 Å². The van der Waals surface area contributed by atoms with Crippen molar-refractivity contribution >= 4 is 72.8 Å². The van der Waals surface area contributed by atoms with Crippen LogP contribution in [0.2, 0.25) is 0 Å². The standard InChI is InChI=1S/La.4H2O.Pb.Sr.Ti.4H/h;4*1H2;;;;;;;/q;;;;;;;+4;;;;/p-4. The van der Waals surface area contributed by atoms with Crippen LogP contribution in [0.4, 0.5) is 0 Å². The zero-order valence-corrected chi connectivity index (χ0v) is 14.3. The van der Waals surface area contributed by atoms with Crippen molar-refractivity contribution in [2.45, 2.75) is 0 Å². The first-order chi connectivity index (χ1) is 2.00. The molecule has 0 heterocycles. The third-order valence-corrected chi connectivity index (χ3v) is 0. The average Bonchev–Trinajstić information content (AvgIpc) is 0.722. The molecule has 0 aromatic rings. The van der Waals surface area contributed by atoms with Gasteiger partial charge < -0.3 is 0 Å². The van der Waals surface area contributed by atoms with Gasteiger partial charge in [0.05, 0.1) is 0 Å². The molecule has 8 heteroatoms. The SMILES string of the molecule is [La].[OH][Ti]([OH])([OH])[OH].[PbH2].[SrH2]. The van der Waals surface area contributed by atoms with Crippen LogP contribution < -0.4 is 0 Å². The van der Waals surface area contributed by atoms with Crippen molar-refractivity contribution < 1.29 is 68.5 Å². The normalized spacial score (nSPS) is 7.50. The Hall–Kier alpha value is 4.15. The molecule has 0 spiro atoms. The Balaban J connectivity index is -0.0000000267. The van der Waals surface area contributed by atoms with Gasteiger partial charge in [-0.15, -0.1) is 0 Å². The molecule has 0 aliphatic heterocycles. The number of hydrogen-bond donors (Lipinski definition) is 4. The predicted molar refractivity (Wildman–Crippen MR) is 26.0 cm³/mol. The zero-order valence-electron chi connectivity index (χ0n) is 3.57. The fourth-order valence-electron chi connectivity index (χ4n) is 0. The topological polar surface area (TPSA) is 80.9 Å². The molecule has 4 N–H and O–H groups in total. The van der Waals surface area contributed by atoms with Crippen LogP contribution in [0.5, 0.6) is 0 Å². The molecule has 0 saturated carbocycles. The second kappa shape index (κ2) is 11.2. The molecule has 0 aromatic carbocycles. The van der Waals surface area contributed by atoms with Crippen LogP contribution in [0.25, 0.3) is 0 Å². The van der Waals surface area contributed by atoms with E-state index in [0.29, 0.717) is 0 Å². The zero-order chi connectivity index (χ0) is 4.50. The van der Waals surface area contributed by atoms with Crippen molar-refractivity contribution in [1.29, 1.82) is 0 Å². The van der Waals surface area contributed by atoms with Gasteiger partial charge in [0.2, 0.25) is 0 Å². The molecule has 0 amide bonds. The summed E-state index contributed by atoms with van der Waals surface area (Å²) in [5.41, 5.74) is 0. The summed E-state index contributed by atoms with van der Waals surface area (Å²) < 4.78 is 29.5. The Labute approximate surface area is 137 Å². The minimum absolute atomic E-state index is 0.